The van der Waals surface area contributed by atoms with Gasteiger partial charge in [-0.25, -0.2) is 0 Å². The van der Waals surface area contributed by atoms with E-state index in [0.29, 0.717) is 12.0 Å². The monoisotopic (exact) mass is 215 g/mol. The molecule has 0 bridgehead atoms. The van der Waals surface area contributed by atoms with Crippen LogP contribution >= 0.6 is 0 Å². The second-order valence-corrected chi connectivity index (χ2v) is 5.06. The van der Waals surface area contributed by atoms with Gasteiger partial charge < -0.3 is 15.1 Å². The quantitative estimate of drug-likeness (QED) is 0.654. The molecular weight excluding hydrogens is 186 g/mol. The van der Waals surface area contributed by atoms with E-state index < -0.39 is 0 Å². The van der Waals surface area contributed by atoms with Crippen molar-refractivity contribution in [3.63, 3.8) is 0 Å². The predicted octanol–water partition coefficient (Wildman–Crippen LogP) is 1.11. The van der Waals surface area contributed by atoms with Crippen molar-refractivity contribution in [3.05, 3.63) is 0 Å². The van der Waals surface area contributed by atoms with Crippen molar-refractivity contribution in [2.75, 3.05) is 47.8 Å². The molecule has 0 heterocycles. The molecule has 0 aliphatic heterocycles. The molecule has 0 fully saturated rings. The van der Waals surface area contributed by atoms with Crippen molar-refractivity contribution in [1.29, 1.82) is 0 Å². The maximum Gasteiger partial charge on any atom is 0.0214 e. The lowest BCUT2D eigenvalue weighted by Gasteiger charge is -2.26. The molecule has 0 aromatic heterocycles. The van der Waals surface area contributed by atoms with E-state index in [-0.39, 0.29) is 0 Å². The van der Waals surface area contributed by atoms with Gasteiger partial charge in [-0.2, -0.15) is 0 Å². The Bertz CT molecular complexity index is 146. The van der Waals surface area contributed by atoms with Gasteiger partial charge in [0, 0.05) is 12.6 Å². The summed E-state index contributed by atoms with van der Waals surface area (Å²) in [6.07, 6.45) is 1.25. The Kier molecular flexibility index (Phi) is 8.02. The van der Waals surface area contributed by atoms with Gasteiger partial charge in [0.15, 0.2) is 0 Å². The number of rotatable bonds is 8. The number of hydrogen-bond acceptors (Lipinski definition) is 3. The summed E-state index contributed by atoms with van der Waals surface area (Å²) in [6.45, 7) is 8.05. The van der Waals surface area contributed by atoms with Gasteiger partial charge in [0.1, 0.15) is 0 Å². The third kappa shape index (κ3) is 7.77. The molecule has 0 aliphatic carbocycles. The smallest absolute Gasteiger partial charge is 0.0214 e. The number of hydrogen-bond donors (Lipinski definition) is 1. The van der Waals surface area contributed by atoms with Crippen molar-refractivity contribution in [1.82, 2.24) is 15.1 Å². The Balaban J connectivity index is 3.66. The first-order valence-corrected chi connectivity index (χ1v) is 5.98. The highest BCUT2D eigenvalue weighted by molar-refractivity contribution is 4.72. The first-order valence-electron chi connectivity index (χ1n) is 5.98. The summed E-state index contributed by atoms with van der Waals surface area (Å²) in [6, 6.07) is 0.606. The molecule has 1 atom stereocenters. The highest BCUT2D eigenvalue weighted by Gasteiger charge is 2.12. The fraction of sp³-hybridized carbons (Fsp3) is 1.00. The van der Waals surface area contributed by atoms with Crippen LogP contribution in [0, 0.1) is 5.92 Å². The van der Waals surface area contributed by atoms with Crippen LogP contribution in [0.3, 0.4) is 0 Å². The Labute approximate surface area is 95.8 Å². The van der Waals surface area contributed by atoms with Gasteiger partial charge >= 0.3 is 0 Å². The van der Waals surface area contributed by atoms with E-state index in [1.165, 1.54) is 19.5 Å². The SMILES string of the molecule is CNC(CN(C)CCCN(C)C)C(C)C. The predicted molar refractivity (Wildman–Crippen MR) is 68.4 cm³/mol. The first-order chi connectivity index (χ1) is 6.97. The highest BCUT2D eigenvalue weighted by atomic mass is 15.1. The summed E-state index contributed by atoms with van der Waals surface area (Å²) >= 11 is 0. The van der Waals surface area contributed by atoms with Crippen LogP contribution in [-0.2, 0) is 0 Å². The van der Waals surface area contributed by atoms with Crippen molar-refractivity contribution in [2.45, 2.75) is 26.3 Å². The molecule has 0 radical (unpaired) electrons. The van der Waals surface area contributed by atoms with E-state index >= 15 is 0 Å². The molecule has 0 aromatic carbocycles. The molecule has 0 saturated carbocycles. The standard InChI is InChI=1S/C12H29N3/c1-11(2)12(13-3)10-15(6)9-7-8-14(4)5/h11-13H,7-10H2,1-6H3. The van der Waals surface area contributed by atoms with Crippen molar-refractivity contribution < 1.29 is 0 Å². The van der Waals surface area contributed by atoms with Crippen LogP contribution in [0.25, 0.3) is 0 Å². The molecule has 15 heavy (non-hydrogen) atoms. The van der Waals surface area contributed by atoms with Gasteiger partial charge in [-0.1, -0.05) is 13.8 Å². The normalized spacial score (nSPS) is 14.2. The van der Waals surface area contributed by atoms with Gasteiger partial charge in [0.05, 0.1) is 0 Å². The minimum atomic E-state index is 0.606. The zero-order valence-corrected chi connectivity index (χ0v) is 11.4. The summed E-state index contributed by atoms with van der Waals surface area (Å²) in [4.78, 5) is 4.66. The van der Waals surface area contributed by atoms with Crippen LogP contribution in [0.5, 0.6) is 0 Å². The molecule has 1 N–H and O–H groups in total. The van der Waals surface area contributed by atoms with Gasteiger partial charge in [-0.15, -0.1) is 0 Å². The number of likely N-dealkylation sites (N-methyl/N-ethyl adjacent to an activating group) is 2. The van der Waals surface area contributed by atoms with Gasteiger partial charge in [-0.3, -0.25) is 0 Å². The number of nitrogens with zero attached hydrogens (tertiary/aromatic N) is 2. The third-order valence-electron chi connectivity index (χ3n) is 2.83. The lowest BCUT2D eigenvalue weighted by Crippen LogP contribution is -2.41. The van der Waals surface area contributed by atoms with Crippen LogP contribution in [0.2, 0.25) is 0 Å². The molecule has 0 aromatic rings. The lowest BCUT2D eigenvalue weighted by molar-refractivity contribution is 0.249. The summed E-state index contributed by atoms with van der Waals surface area (Å²) in [7, 11) is 8.52. The second-order valence-electron chi connectivity index (χ2n) is 5.06. The van der Waals surface area contributed by atoms with E-state index in [1.54, 1.807) is 0 Å². The average molecular weight is 215 g/mol. The summed E-state index contributed by atoms with van der Waals surface area (Å²) in [5.74, 6) is 0.700. The fourth-order valence-electron chi connectivity index (χ4n) is 1.72. The van der Waals surface area contributed by atoms with E-state index in [9.17, 15) is 0 Å². The van der Waals surface area contributed by atoms with E-state index in [2.05, 4.69) is 57.2 Å². The molecule has 0 saturated heterocycles. The van der Waals surface area contributed by atoms with Gasteiger partial charge in [-0.05, 0) is 53.6 Å². The summed E-state index contributed by atoms with van der Waals surface area (Å²) in [5.41, 5.74) is 0. The highest BCUT2D eigenvalue weighted by Crippen LogP contribution is 2.03. The van der Waals surface area contributed by atoms with Crippen LogP contribution in [0.4, 0.5) is 0 Å². The lowest BCUT2D eigenvalue weighted by atomic mass is 10.0. The third-order valence-corrected chi connectivity index (χ3v) is 2.83. The molecule has 3 nitrogen and oxygen atoms in total. The Hall–Kier alpha value is -0.120. The molecular formula is C12H29N3. The minimum Gasteiger partial charge on any atom is -0.315 e. The summed E-state index contributed by atoms with van der Waals surface area (Å²) in [5, 5.41) is 3.38. The summed E-state index contributed by atoms with van der Waals surface area (Å²) < 4.78 is 0. The minimum absolute atomic E-state index is 0.606. The largest absolute Gasteiger partial charge is 0.315 e. The molecule has 0 rings (SSSR count). The molecule has 92 valence electrons. The maximum absolute atomic E-state index is 3.38. The first kappa shape index (κ1) is 14.9. The van der Waals surface area contributed by atoms with Gasteiger partial charge in [0.25, 0.3) is 0 Å². The Morgan fingerprint density at radius 3 is 2.07 bits per heavy atom. The topological polar surface area (TPSA) is 18.5 Å². The van der Waals surface area contributed by atoms with Crippen molar-refractivity contribution in [2.24, 2.45) is 5.92 Å². The maximum atomic E-state index is 3.38. The zero-order valence-electron chi connectivity index (χ0n) is 11.4. The Morgan fingerprint density at radius 2 is 1.67 bits per heavy atom. The van der Waals surface area contributed by atoms with Crippen LogP contribution < -0.4 is 5.32 Å². The van der Waals surface area contributed by atoms with E-state index in [1.807, 2.05) is 0 Å². The molecule has 0 aliphatic rings. The molecule has 3 heteroatoms. The fourth-order valence-corrected chi connectivity index (χ4v) is 1.72. The Morgan fingerprint density at radius 1 is 1.07 bits per heavy atom. The second kappa shape index (κ2) is 8.08. The van der Waals surface area contributed by atoms with Gasteiger partial charge in [0.2, 0.25) is 0 Å². The number of nitrogens with one attached hydrogen (secondary N) is 1. The van der Waals surface area contributed by atoms with E-state index in [0.717, 1.165) is 6.54 Å². The van der Waals surface area contributed by atoms with E-state index in [4.69, 9.17) is 0 Å². The van der Waals surface area contributed by atoms with Crippen molar-refractivity contribution in [3.8, 4) is 0 Å². The van der Waals surface area contributed by atoms with Crippen LogP contribution in [0.1, 0.15) is 20.3 Å². The van der Waals surface area contributed by atoms with Crippen molar-refractivity contribution >= 4 is 0 Å². The van der Waals surface area contributed by atoms with Crippen LogP contribution in [-0.4, -0.2) is 63.7 Å². The molecule has 1 unspecified atom stereocenters. The molecule has 0 spiro atoms. The molecule has 0 amide bonds. The average Bonchev–Trinajstić information content (AvgIpc) is 2.13. The van der Waals surface area contributed by atoms with Crippen LogP contribution in [0.15, 0.2) is 0 Å². The zero-order chi connectivity index (χ0) is 11.8.